The number of nitrogens with zero attached hydrogens (tertiary/aromatic N) is 1. The average molecular weight is 456 g/mol. The van der Waals surface area contributed by atoms with Crippen LogP contribution in [0.2, 0.25) is 0 Å². The van der Waals surface area contributed by atoms with Crippen molar-refractivity contribution in [2.45, 2.75) is 93.9 Å². The Hall–Kier alpha value is -1.03. The summed E-state index contributed by atoms with van der Waals surface area (Å²) >= 11 is 3.24. The van der Waals surface area contributed by atoms with Crippen LogP contribution in [0.15, 0.2) is 21.6 Å². The molecule has 0 aliphatic heterocycles. The second-order valence-electron chi connectivity index (χ2n) is 8.92. The molecule has 1 aliphatic carbocycles. The summed E-state index contributed by atoms with van der Waals surface area (Å²) in [6, 6.07) is 3.31. The summed E-state index contributed by atoms with van der Waals surface area (Å²) in [5.41, 5.74) is 2.42. The maximum absolute atomic E-state index is 13.5. The minimum absolute atomic E-state index is 0.174. The quantitative estimate of drug-likeness (QED) is 0.417. The van der Waals surface area contributed by atoms with Crippen LogP contribution in [0.25, 0.3) is 0 Å². The largest absolute Gasteiger partial charge is 0.300 e. The number of benzene rings is 1. The maximum atomic E-state index is 13.5. The van der Waals surface area contributed by atoms with E-state index < -0.39 is 0 Å². The highest BCUT2D eigenvalue weighted by atomic mass is 79.9. The minimum Gasteiger partial charge on any atom is -0.300 e. The van der Waals surface area contributed by atoms with Crippen LogP contribution in [-0.4, -0.2) is 11.5 Å². The highest BCUT2D eigenvalue weighted by molar-refractivity contribution is 9.10. The molecule has 2 nitrogen and oxygen atoms in total. The van der Waals surface area contributed by atoms with E-state index in [1.54, 1.807) is 0 Å². The first kappa shape index (κ1) is 27.0. The van der Waals surface area contributed by atoms with Crippen molar-refractivity contribution in [3.05, 3.63) is 28.0 Å². The summed E-state index contributed by atoms with van der Waals surface area (Å²) in [6.45, 7) is 16.2. The zero-order valence-corrected chi connectivity index (χ0v) is 20.7. The van der Waals surface area contributed by atoms with E-state index in [0.29, 0.717) is 24.3 Å². The Bertz CT molecular complexity index is 619. The molecule has 0 bridgehead atoms. The van der Waals surface area contributed by atoms with E-state index in [2.05, 4.69) is 48.6 Å². The molecule has 0 N–H and O–H groups in total. The number of ketones is 1. The SMILES string of the molecule is CC1CCC1.CCC(=O)CC(C)(C)C.CCC(C)=Nc1c(C)cc(Br)cc1F. The molecule has 28 heavy (non-hydrogen) atoms. The van der Waals surface area contributed by atoms with Gasteiger partial charge in [-0.15, -0.1) is 0 Å². The van der Waals surface area contributed by atoms with Gasteiger partial charge in [-0.25, -0.2) is 4.39 Å². The normalized spacial score (nSPS) is 14.3. The number of Topliss-reactive ketones (excluding diaryl/α,β-unsaturated/α-hetero) is 1. The van der Waals surface area contributed by atoms with Crippen LogP contribution in [0.1, 0.15) is 92.6 Å². The summed E-state index contributed by atoms with van der Waals surface area (Å²) in [7, 11) is 0. The molecule has 1 saturated carbocycles. The molecule has 1 fully saturated rings. The summed E-state index contributed by atoms with van der Waals surface area (Å²) in [6.07, 6.45) is 6.69. The van der Waals surface area contributed by atoms with E-state index in [4.69, 9.17) is 0 Å². The summed E-state index contributed by atoms with van der Waals surface area (Å²) < 4.78 is 14.2. The van der Waals surface area contributed by atoms with E-state index in [1.807, 2.05) is 33.8 Å². The van der Waals surface area contributed by atoms with Gasteiger partial charge in [0.05, 0.1) is 0 Å². The lowest BCUT2D eigenvalue weighted by molar-refractivity contribution is -0.120. The van der Waals surface area contributed by atoms with Crippen molar-refractivity contribution in [3.8, 4) is 0 Å². The third kappa shape index (κ3) is 12.4. The molecule has 4 heteroatoms. The number of aryl methyl sites for hydroxylation is 1. The molecule has 0 amide bonds. The third-order valence-electron chi connectivity index (χ3n) is 4.55. The van der Waals surface area contributed by atoms with Crippen molar-refractivity contribution >= 4 is 33.1 Å². The van der Waals surface area contributed by atoms with Gasteiger partial charge >= 0.3 is 0 Å². The molecule has 2 rings (SSSR count). The van der Waals surface area contributed by atoms with E-state index in [1.165, 1.54) is 25.3 Å². The van der Waals surface area contributed by atoms with Gasteiger partial charge in [0.15, 0.2) is 0 Å². The second kappa shape index (κ2) is 13.2. The van der Waals surface area contributed by atoms with E-state index in [0.717, 1.165) is 28.1 Å². The Kier molecular flexibility index (Phi) is 12.8. The highest BCUT2D eigenvalue weighted by Crippen LogP contribution is 2.27. The summed E-state index contributed by atoms with van der Waals surface area (Å²) in [5.74, 6) is 1.15. The number of carbonyl (C=O) groups excluding carboxylic acids is 1. The molecule has 0 spiro atoms. The Morgan fingerprint density at radius 3 is 2.04 bits per heavy atom. The molecule has 0 radical (unpaired) electrons. The summed E-state index contributed by atoms with van der Waals surface area (Å²) in [4.78, 5) is 15.1. The molecule has 1 aromatic carbocycles. The van der Waals surface area contributed by atoms with E-state index >= 15 is 0 Å². The molecular formula is C24H39BrFNO. The molecule has 0 atom stereocenters. The number of carbonyl (C=O) groups is 1. The fourth-order valence-corrected chi connectivity index (χ4v) is 2.98. The third-order valence-corrected chi connectivity index (χ3v) is 5.01. The number of hydrogen-bond donors (Lipinski definition) is 0. The lowest BCUT2D eigenvalue weighted by Gasteiger charge is -2.18. The molecule has 1 aromatic rings. The van der Waals surface area contributed by atoms with Gasteiger partial charge in [0.1, 0.15) is 17.3 Å². The van der Waals surface area contributed by atoms with Crippen molar-refractivity contribution in [2.75, 3.05) is 0 Å². The Balaban J connectivity index is 0.000000442. The second-order valence-corrected chi connectivity index (χ2v) is 9.84. The predicted octanol–water partition coefficient (Wildman–Crippen LogP) is 8.61. The van der Waals surface area contributed by atoms with Crippen LogP contribution in [-0.2, 0) is 4.79 Å². The van der Waals surface area contributed by atoms with Crippen molar-refractivity contribution < 1.29 is 9.18 Å². The molecule has 0 saturated heterocycles. The zero-order valence-electron chi connectivity index (χ0n) is 19.1. The van der Waals surface area contributed by atoms with Crippen LogP contribution in [0.4, 0.5) is 10.1 Å². The molecule has 0 heterocycles. The van der Waals surface area contributed by atoms with Crippen LogP contribution < -0.4 is 0 Å². The molecule has 160 valence electrons. The van der Waals surface area contributed by atoms with Gasteiger partial charge in [-0.05, 0) is 49.3 Å². The van der Waals surface area contributed by atoms with Crippen molar-refractivity contribution in [1.29, 1.82) is 0 Å². The molecule has 0 aromatic heterocycles. The van der Waals surface area contributed by atoms with E-state index in [-0.39, 0.29) is 11.2 Å². The first-order chi connectivity index (χ1) is 12.9. The van der Waals surface area contributed by atoms with Gasteiger partial charge in [-0.3, -0.25) is 9.79 Å². The first-order valence-corrected chi connectivity index (χ1v) is 11.2. The fourth-order valence-electron chi connectivity index (χ4n) is 2.44. The Labute approximate surface area is 180 Å². The van der Waals surface area contributed by atoms with Gasteiger partial charge in [0.25, 0.3) is 0 Å². The number of halogens is 2. The van der Waals surface area contributed by atoms with Gasteiger partial charge in [-0.2, -0.15) is 0 Å². The molecular weight excluding hydrogens is 417 g/mol. The van der Waals surface area contributed by atoms with Crippen LogP contribution in [0.5, 0.6) is 0 Å². The maximum Gasteiger partial charge on any atom is 0.150 e. The average Bonchev–Trinajstić information content (AvgIpc) is 2.55. The molecule has 0 unspecified atom stereocenters. The summed E-state index contributed by atoms with van der Waals surface area (Å²) in [5, 5.41) is 0. The fraction of sp³-hybridized carbons (Fsp3) is 0.667. The lowest BCUT2D eigenvalue weighted by Crippen LogP contribution is -2.11. The lowest BCUT2D eigenvalue weighted by atomic mass is 9.88. The van der Waals surface area contributed by atoms with Crippen molar-refractivity contribution in [3.63, 3.8) is 0 Å². The number of aliphatic imine (C=N–C) groups is 1. The monoisotopic (exact) mass is 455 g/mol. The van der Waals surface area contributed by atoms with Gasteiger partial charge in [0, 0.05) is 23.0 Å². The standard InChI is InChI=1S/C11H13BrFN.C8H16O.C5H10/c1-4-8(3)14-11-7(2)5-9(12)6-10(11)13;1-5-7(9)6-8(2,3)4;1-5-3-2-4-5/h5-6H,4H2,1-3H3;5-6H2,1-4H3;5H,2-4H2,1H3. The number of hydrogen-bond acceptors (Lipinski definition) is 2. The first-order valence-electron chi connectivity index (χ1n) is 10.4. The van der Waals surface area contributed by atoms with Gasteiger partial charge < -0.3 is 0 Å². The van der Waals surface area contributed by atoms with Crippen LogP contribution in [0, 0.1) is 24.1 Å². The minimum atomic E-state index is -0.273. The van der Waals surface area contributed by atoms with Gasteiger partial charge in [0.2, 0.25) is 0 Å². The van der Waals surface area contributed by atoms with Gasteiger partial charge in [-0.1, -0.05) is 76.7 Å². The van der Waals surface area contributed by atoms with Crippen molar-refractivity contribution in [2.24, 2.45) is 16.3 Å². The smallest absolute Gasteiger partial charge is 0.150 e. The highest BCUT2D eigenvalue weighted by Gasteiger charge is 2.13. The number of rotatable bonds is 4. The topological polar surface area (TPSA) is 29.4 Å². The van der Waals surface area contributed by atoms with E-state index in [9.17, 15) is 9.18 Å². The molecule has 1 aliphatic rings. The Morgan fingerprint density at radius 1 is 1.21 bits per heavy atom. The van der Waals surface area contributed by atoms with Crippen LogP contribution >= 0.6 is 15.9 Å². The predicted molar refractivity (Wildman–Crippen MR) is 124 cm³/mol. The zero-order chi connectivity index (χ0) is 21.9. The van der Waals surface area contributed by atoms with Crippen molar-refractivity contribution in [1.82, 2.24) is 0 Å². The Morgan fingerprint density at radius 2 is 1.75 bits per heavy atom. The van der Waals surface area contributed by atoms with Crippen LogP contribution in [0.3, 0.4) is 0 Å².